The van der Waals surface area contributed by atoms with Gasteiger partial charge < -0.3 is 9.84 Å². The van der Waals surface area contributed by atoms with Gasteiger partial charge in [0.15, 0.2) is 0 Å². The fraction of sp³-hybridized carbons (Fsp3) is 1.00. The molecule has 2 heteroatoms. The summed E-state index contributed by atoms with van der Waals surface area (Å²) in [5.74, 6) is 0.551. The van der Waals surface area contributed by atoms with Crippen molar-refractivity contribution in [3.8, 4) is 0 Å². The van der Waals surface area contributed by atoms with Gasteiger partial charge in [0, 0.05) is 7.11 Å². The van der Waals surface area contributed by atoms with Crippen LogP contribution in [0.5, 0.6) is 0 Å². The van der Waals surface area contributed by atoms with Gasteiger partial charge in [-0.3, -0.25) is 0 Å². The Morgan fingerprint density at radius 1 is 1.44 bits per heavy atom. The van der Waals surface area contributed by atoms with Crippen molar-refractivity contribution >= 4 is 0 Å². The molecule has 56 valence electrons. The third kappa shape index (κ3) is 5.80. The maximum absolute atomic E-state index is 9.09. The van der Waals surface area contributed by atoms with Crippen LogP contribution in [0.4, 0.5) is 0 Å². The summed E-state index contributed by atoms with van der Waals surface area (Å²) in [5.41, 5.74) is 0. The van der Waals surface area contributed by atoms with Crippen LogP contribution in [-0.2, 0) is 4.74 Å². The summed E-state index contributed by atoms with van der Waals surface area (Å²) in [6, 6.07) is 0. The van der Waals surface area contributed by atoms with Gasteiger partial charge in [0.05, 0.1) is 12.7 Å². The molecule has 0 spiro atoms. The van der Waals surface area contributed by atoms with E-state index in [4.69, 9.17) is 9.84 Å². The first-order chi connectivity index (χ1) is 4.16. The zero-order chi connectivity index (χ0) is 7.28. The van der Waals surface area contributed by atoms with Gasteiger partial charge in [-0.05, 0) is 12.3 Å². The maximum Gasteiger partial charge on any atom is 0.0776 e. The van der Waals surface area contributed by atoms with Crippen molar-refractivity contribution in [2.45, 2.75) is 26.4 Å². The highest BCUT2D eigenvalue weighted by Gasteiger charge is 2.04. The predicted octanol–water partition coefficient (Wildman–Crippen LogP) is 1.04. The van der Waals surface area contributed by atoms with Crippen LogP contribution in [0.15, 0.2) is 0 Å². The minimum Gasteiger partial charge on any atom is -0.391 e. The molecule has 0 aliphatic carbocycles. The van der Waals surface area contributed by atoms with Crippen LogP contribution in [0.3, 0.4) is 0 Å². The molecule has 1 N–H and O–H groups in total. The Balaban J connectivity index is 3.15. The van der Waals surface area contributed by atoms with E-state index in [2.05, 4.69) is 13.8 Å². The fourth-order valence-corrected chi connectivity index (χ4v) is 0.805. The molecule has 1 unspecified atom stereocenters. The molecule has 0 bridgehead atoms. The number of hydrogen-bond donors (Lipinski definition) is 1. The minimum absolute atomic E-state index is 0.282. The molecule has 0 aromatic carbocycles. The maximum atomic E-state index is 9.09. The molecule has 0 fully saturated rings. The Kier molecular flexibility index (Phi) is 4.72. The van der Waals surface area contributed by atoms with Gasteiger partial charge in [0.25, 0.3) is 0 Å². The molecule has 0 aromatic rings. The van der Waals surface area contributed by atoms with Crippen molar-refractivity contribution < 1.29 is 9.84 Å². The van der Waals surface area contributed by atoms with Crippen LogP contribution in [0.25, 0.3) is 0 Å². The summed E-state index contributed by atoms with van der Waals surface area (Å²) >= 11 is 0. The Morgan fingerprint density at radius 3 is 2.33 bits per heavy atom. The van der Waals surface area contributed by atoms with Crippen LogP contribution in [0.1, 0.15) is 20.3 Å². The van der Waals surface area contributed by atoms with E-state index >= 15 is 0 Å². The molecule has 0 heterocycles. The van der Waals surface area contributed by atoms with Gasteiger partial charge in [-0.2, -0.15) is 0 Å². The highest BCUT2D eigenvalue weighted by atomic mass is 16.5. The zero-order valence-corrected chi connectivity index (χ0v) is 6.42. The van der Waals surface area contributed by atoms with Crippen LogP contribution in [0.2, 0.25) is 0 Å². The van der Waals surface area contributed by atoms with E-state index in [1.807, 2.05) is 0 Å². The molecule has 0 radical (unpaired) electrons. The average Bonchev–Trinajstić information content (AvgIpc) is 1.63. The number of hydrogen-bond acceptors (Lipinski definition) is 2. The van der Waals surface area contributed by atoms with E-state index in [1.165, 1.54) is 0 Å². The van der Waals surface area contributed by atoms with Crippen molar-refractivity contribution in [1.82, 2.24) is 0 Å². The Bertz CT molecular complexity index is 61.9. The van der Waals surface area contributed by atoms with Crippen molar-refractivity contribution in [2.24, 2.45) is 5.92 Å². The lowest BCUT2D eigenvalue weighted by molar-refractivity contribution is 0.0515. The monoisotopic (exact) mass is 132 g/mol. The van der Waals surface area contributed by atoms with E-state index in [9.17, 15) is 0 Å². The summed E-state index contributed by atoms with van der Waals surface area (Å²) in [6.07, 6.45) is 0.545. The number of aliphatic hydroxyl groups excluding tert-OH is 1. The minimum atomic E-state index is -0.282. The highest BCUT2D eigenvalue weighted by Crippen LogP contribution is 2.03. The lowest BCUT2D eigenvalue weighted by Crippen LogP contribution is -2.15. The Morgan fingerprint density at radius 2 is 2.00 bits per heavy atom. The van der Waals surface area contributed by atoms with Crippen molar-refractivity contribution in [1.29, 1.82) is 0 Å². The fourth-order valence-electron chi connectivity index (χ4n) is 0.805. The number of ether oxygens (including phenoxy) is 1. The second-order valence-corrected chi connectivity index (χ2v) is 2.74. The molecule has 0 aromatic heterocycles. The standard InChI is InChI=1S/C7H16O2/c1-6(2)4-7(8)5-9-3/h6-8H,4-5H2,1-3H3. The van der Waals surface area contributed by atoms with E-state index < -0.39 is 0 Å². The lowest BCUT2D eigenvalue weighted by Gasteiger charge is -2.10. The first kappa shape index (κ1) is 8.92. The molecule has 0 saturated carbocycles. The molecule has 0 aliphatic heterocycles. The predicted molar refractivity (Wildman–Crippen MR) is 37.3 cm³/mol. The Labute approximate surface area is 56.8 Å². The van der Waals surface area contributed by atoms with Crippen LogP contribution in [0, 0.1) is 5.92 Å². The highest BCUT2D eigenvalue weighted by molar-refractivity contribution is 4.55. The molecular formula is C7H16O2. The third-order valence-corrected chi connectivity index (χ3v) is 1.10. The van der Waals surface area contributed by atoms with Crippen LogP contribution in [-0.4, -0.2) is 24.9 Å². The van der Waals surface area contributed by atoms with Gasteiger partial charge in [0.2, 0.25) is 0 Å². The molecule has 0 amide bonds. The molecule has 2 nitrogen and oxygen atoms in total. The summed E-state index contributed by atoms with van der Waals surface area (Å²) < 4.78 is 4.75. The second kappa shape index (κ2) is 4.77. The van der Waals surface area contributed by atoms with E-state index in [1.54, 1.807) is 7.11 Å². The smallest absolute Gasteiger partial charge is 0.0776 e. The van der Waals surface area contributed by atoms with Crippen molar-refractivity contribution in [3.05, 3.63) is 0 Å². The van der Waals surface area contributed by atoms with Crippen LogP contribution < -0.4 is 0 Å². The van der Waals surface area contributed by atoms with Gasteiger partial charge in [0.1, 0.15) is 0 Å². The molecule has 0 saturated heterocycles. The normalized spacial score (nSPS) is 14.3. The number of rotatable bonds is 4. The Hall–Kier alpha value is -0.0800. The SMILES string of the molecule is COCC(O)CC(C)C. The first-order valence-electron chi connectivity index (χ1n) is 3.33. The van der Waals surface area contributed by atoms with Gasteiger partial charge >= 0.3 is 0 Å². The number of aliphatic hydroxyl groups is 1. The van der Waals surface area contributed by atoms with E-state index in [0.29, 0.717) is 12.5 Å². The zero-order valence-electron chi connectivity index (χ0n) is 6.42. The largest absolute Gasteiger partial charge is 0.391 e. The van der Waals surface area contributed by atoms with E-state index in [-0.39, 0.29) is 6.10 Å². The molecular weight excluding hydrogens is 116 g/mol. The summed E-state index contributed by atoms with van der Waals surface area (Å²) in [7, 11) is 1.60. The third-order valence-electron chi connectivity index (χ3n) is 1.10. The quantitative estimate of drug-likeness (QED) is 0.619. The topological polar surface area (TPSA) is 29.5 Å². The van der Waals surface area contributed by atoms with Crippen molar-refractivity contribution in [3.63, 3.8) is 0 Å². The summed E-state index contributed by atoms with van der Waals surface area (Å²) in [4.78, 5) is 0. The molecule has 9 heavy (non-hydrogen) atoms. The van der Waals surface area contributed by atoms with Crippen molar-refractivity contribution in [2.75, 3.05) is 13.7 Å². The molecule has 1 atom stereocenters. The lowest BCUT2D eigenvalue weighted by atomic mass is 10.1. The second-order valence-electron chi connectivity index (χ2n) is 2.74. The molecule has 0 aliphatic rings. The van der Waals surface area contributed by atoms with Gasteiger partial charge in [-0.1, -0.05) is 13.8 Å². The summed E-state index contributed by atoms with van der Waals surface area (Å²) in [5, 5.41) is 9.09. The average molecular weight is 132 g/mol. The summed E-state index contributed by atoms with van der Waals surface area (Å²) in [6.45, 7) is 4.62. The van der Waals surface area contributed by atoms with Gasteiger partial charge in [-0.25, -0.2) is 0 Å². The van der Waals surface area contributed by atoms with E-state index in [0.717, 1.165) is 6.42 Å². The first-order valence-corrected chi connectivity index (χ1v) is 3.33. The van der Waals surface area contributed by atoms with Gasteiger partial charge in [-0.15, -0.1) is 0 Å². The van der Waals surface area contributed by atoms with Crippen LogP contribution >= 0.6 is 0 Å². The molecule has 0 rings (SSSR count). The number of methoxy groups -OCH3 is 1.